The summed E-state index contributed by atoms with van der Waals surface area (Å²) in [6, 6.07) is 6.88. The van der Waals surface area contributed by atoms with Gasteiger partial charge in [0.15, 0.2) is 11.9 Å². The number of hydrogen-bond acceptors (Lipinski definition) is 6. The van der Waals surface area contributed by atoms with Crippen molar-refractivity contribution in [1.29, 1.82) is 0 Å². The van der Waals surface area contributed by atoms with Gasteiger partial charge in [-0.15, -0.1) is 0 Å². The van der Waals surface area contributed by atoms with Crippen LogP contribution in [0.3, 0.4) is 0 Å². The third-order valence-corrected chi connectivity index (χ3v) is 3.42. The number of benzene rings is 1. The highest BCUT2D eigenvalue weighted by molar-refractivity contribution is 5.89. The summed E-state index contributed by atoms with van der Waals surface area (Å²) in [6.07, 6.45) is -0.618. The molecule has 2 rings (SSSR count). The van der Waals surface area contributed by atoms with Crippen LogP contribution >= 0.6 is 0 Å². The van der Waals surface area contributed by atoms with Crippen molar-refractivity contribution < 1.29 is 18.8 Å². The van der Waals surface area contributed by atoms with Gasteiger partial charge < -0.3 is 14.0 Å². The Balaban J connectivity index is 1.98. The molecule has 0 radical (unpaired) electrons. The SMILES string of the molecule is CC(C)COc1ccc(C(=O)O[C@@H](C)c2nc(C(C)(C)C)no2)cc1. The van der Waals surface area contributed by atoms with E-state index in [2.05, 4.69) is 24.0 Å². The minimum Gasteiger partial charge on any atom is -0.493 e. The molecule has 0 amide bonds. The lowest BCUT2D eigenvalue weighted by Crippen LogP contribution is -2.14. The number of ether oxygens (including phenoxy) is 2. The second kappa shape index (κ2) is 7.68. The van der Waals surface area contributed by atoms with Crippen LogP contribution in [-0.4, -0.2) is 22.7 Å². The number of carbonyl (C=O) groups excluding carboxylic acids is 1. The second-order valence-electron chi connectivity index (χ2n) is 7.48. The Hall–Kier alpha value is -2.37. The fraction of sp³-hybridized carbons (Fsp3) is 0.526. The van der Waals surface area contributed by atoms with Crippen LogP contribution in [0.5, 0.6) is 5.75 Å². The highest BCUT2D eigenvalue weighted by Crippen LogP contribution is 2.23. The van der Waals surface area contributed by atoms with E-state index in [0.29, 0.717) is 23.9 Å². The van der Waals surface area contributed by atoms with Gasteiger partial charge in [-0.1, -0.05) is 39.8 Å². The molecule has 25 heavy (non-hydrogen) atoms. The van der Waals surface area contributed by atoms with Crippen molar-refractivity contribution in [2.75, 3.05) is 6.61 Å². The maximum Gasteiger partial charge on any atom is 0.338 e. The van der Waals surface area contributed by atoms with Gasteiger partial charge in [0, 0.05) is 5.41 Å². The molecule has 6 nitrogen and oxygen atoms in total. The molecular formula is C19H26N2O4. The third-order valence-electron chi connectivity index (χ3n) is 3.42. The van der Waals surface area contributed by atoms with Crippen molar-refractivity contribution in [2.45, 2.75) is 53.1 Å². The minimum atomic E-state index is -0.618. The average Bonchev–Trinajstić information content (AvgIpc) is 3.03. The van der Waals surface area contributed by atoms with E-state index in [0.717, 1.165) is 5.75 Å². The molecule has 1 aromatic heterocycles. The zero-order chi connectivity index (χ0) is 18.6. The molecule has 0 saturated carbocycles. The largest absolute Gasteiger partial charge is 0.493 e. The molecule has 0 aliphatic rings. The smallest absolute Gasteiger partial charge is 0.338 e. The Labute approximate surface area is 148 Å². The maximum atomic E-state index is 12.3. The van der Waals surface area contributed by atoms with E-state index in [4.69, 9.17) is 14.0 Å². The van der Waals surface area contributed by atoms with E-state index >= 15 is 0 Å². The summed E-state index contributed by atoms with van der Waals surface area (Å²) in [7, 11) is 0. The highest BCUT2D eigenvalue weighted by atomic mass is 16.6. The van der Waals surface area contributed by atoms with Gasteiger partial charge in [0.25, 0.3) is 5.89 Å². The molecule has 136 valence electrons. The Morgan fingerprint density at radius 1 is 1.16 bits per heavy atom. The van der Waals surface area contributed by atoms with E-state index in [1.54, 1.807) is 31.2 Å². The van der Waals surface area contributed by atoms with Crippen LogP contribution < -0.4 is 4.74 Å². The lowest BCUT2D eigenvalue weighted by molar-refractivity contribution is 0.0265. The van der Waals surface area contributed by atoms with Gasteiger partial charge in [-0.25, -0.2) is 4.79 Å². The molecule has 1 heterocycles. The van der Waals surface area contributed by atoms with Crippen molar-refractivity contribution in [2.24, 2.45) is 5.92 Å². The monoisotopic (exact) mass is 346 g/mol. The highest BCUT2D eigenvalue weighted by Gasteiger charge is 2.25. The molecule has 6 heteroatoms. The Kier molecular flexibility index (Phi) is 5.82. The van der Waals surface area contributed by atoms with Gasteiger partial charge in [0.05, 0.1) is 12.2 Å². The van der Waals surface area contributed by atoms with Crippen LogP contribution in [-0.2, 0) is 10.2 Å². The molecule has 0 spiro atoms. The standard InChI is InChI=1S/C19H26N2O4/c1-12(2)11-23-15-9-7-14(8-10-15)17(22)24-13(3)16-20-18(21-25-16)19(4,5)6/h7-10,12-13H,11H2,1-6H3/t13-/m0/s1. The lowest BCUT2D eigenvalue weighted by atomic mass is 9.96. The fourth-order valence-electron chi connectivity index (χ4n) is 1.93. The number of nitrogens with zero attached hydrogens (tertiary/aromatic N) is 2. The predicted molar refractivity (Wildman–Crippen MR) is 93.6 cm³/mol. The molecule has 1 aromatic carbocycles. The summed E-state index contributed by atoms with van der Waals surface area (Å²) in [5.41, 5.74) is 0.219. The van der Waals surface area contributed by atoms with Crippen molar-refractivity contribution >= 4 is 5.97 Å². The normalized spacial score (nSPS) is 12.9. The Bertz CT molecular complexity index is 699. The van der Waals surface area contributed by atoms with Crippen molar-refractivity contribution in [1.82, 2.24) is 10.1 Å². The fourth-order valence-corrected chi connectivity index (χ4v) is 1.93. The van der Waals surface area contributed by atoms with E-state index in [9.17, 15) is 4.79 Å². The summed E-state index contributed by atoms with van der Waals surface area (Å²) in [6.45, 7) is 12.5. The van der Waals surface area contributed by atoms with E-state index < -0.39 is 12.1 Å². The first-order chi connectivity index (χ1) is 11.7. The van der Waals surface area contributed by atoms with E-state index in [1.807, 2.05) is 20.8 Å². The molecule has 2 aromatic rings. The molecule has 0 unspecified atom stereocenters. The van der Waals surface area contributed by atoms with Gasteiger partial charge in [0.2, 0.25) is 0 Å². The van der Waals surface area contributed by atoms with Crippen LogP contribution in [0.4, 0.5) is 0 Å². The molecular weight excluding hydrogens is 320 g/mol. The molecule has 1 atom stereocenters. The first-order valence-electron chi connectivity index (χ1n) is 8.44. The molecule has 0 bridgehead atoms. The molecule has 0 saturated heterocycles. The summed E-state index contributed by atoms with van der Waals surface area (Å²) in [5, 5.41) is 3.94. The Morgan fingerprint density at radius 3 is 2.32 bits per heavy atom. The van der Waals surface area contributed by atoms with Crippen molar-refractivity contribution in [3.8, 4) is 5.75 Å². The summed E-state index contributed by atoms with van der Waals surface area (Å²) in [5.74, 6) is 1.59. The van der Waals surface area contributed by atoms with Crippen LogP contribution in [0.25, 0.3) is 0 Å². The zero-order valence-corrected chi connectivity index (χ0v) is 15.7. The first kappa shape index (κ1) is 19.0. The molecule has 0 N–H and O–H groups in total. The first-order valence-corrected chi connectivity index (χ1v) is 8.44. The summed E-state index contributed by atoms with van der Waals surface area (Å²) < 4.78 is 16.2. The lowest BCUT2D eigenvalue weighted by Gasteiger charge is -2.12. The molecule has 0 aliphatic carbocycles. The van der Waals surface area contributed by atoms with Crippen LogP contribution in [0, 0.1) is 5.92 Å². The Morgan fingerprint density at radius 2 is 1.80 bits per heavy atom. The number of aromatic nitrogens is 2. The van der Waals surface area contributed by atoms with Crippen LogP contribution in [0.15, 0.2) is 28.8 Å². The number of rotatable bonds is 6. The number of hydrogen-bond donors (Lipinski definition) is 0. The molecule has 0 aliphatic heterocycles. The third kappa shape index (κ3) is 5.31. The van der Waals surface area contributed by atoms with Gasteiger partial charge in [0.1, 0.15) is 5.75 Å². The topological polar surface area (TPSA) is 74.5 Å². The van der Waals surface area contributed by atoms with Gasteiger partial charge in [-0.3, -0.25) is 0 Å². The van der Waals surface area contributed by atoms with E-state index in [1.165, 1.54) is 0 Å². The zero-order valence-electron chi connectivity index (χ0n) is 15.7. The van der Waals surface area contributed by atoms with Crippen LogP contribution in [0.2, 0.25) is 0 Å². The quantitative estimate of drug-likeness (QED) is 0.725. The van der Waals surface area contributed by atoms with Crippen molar-refractivity contribution in [3.05, 3.63) is 41.5 Å². The van der Waals surface area contributed by atoms with E-state index in [-0.39, 0.29) is 11.3 Å². The average molecular weight is 346 g/mol. The van der Waals surface area contributed by atoms with Gasteiger partial charge in [-0.2, -0.15) is 4.98 Å². The van der Waals surface area contributed by atoms with Crippen molar-refractivity contribution in [3.63, 3.8) is 0 Å². The van der Waals surface area contributed by atoms with Gasteiger partial charge >= 0.3 is 5.97 Å². The second-order valence-corrected chi connectivity index (χ2v) is 7.48. The predicted octanol–water partition coefficient (Wildman–Crippen LogP) is 4.32. The van der Waals surface area contributed by atoms with Gasteiger partial charge in [-0.05, 0) is 37.1 Å². The number of carbonyl (C=O) groups is 1. The minimum absolute atomic E-state index is 0.225. The number of esters is 1. The van der Waals surface area contributed by atoms with Crippen LogP contribution in [0.1, 0.15) is 69.7 Å². The summed E-state index contributed by atoms with van der Waals surface area (Å²) >= 11 is 0. The summed E-state index contributed by atoms with van der Waals surface area (Å²) in [4.78, 5) is 16.6. The maximum absolute atomic E-state index is 12.3. The molecule has 0 fully saturated rings.